The van der Waals surface area contributed by atoms with Gasteiger partial charge in [-0.15, -0.1) is 0 Å². The van der Waals surface area contributed by atoms with Crippen molar-refractivity contribution in [3.8, 4) is 0 Å². The van der Waals surface area contributed by atoms with E-state index in [0.717, 1.165) is 11.8 Å². The normalized spacial score (nSPS) is 36.5. The average Bonchev–Trinajstić information content (AvgIpc) is 2.65. The lowest BCUT2D eigenvalue weighted by atomic mass is 9.86. The molecule has 13 heavy (non-hydrogen) atoms. The zero-order chi connectivity index (χ0) is 9.26. The molecule has 2 nitrogen and oxygen atoms in total. The Hall–Kier alpha value is -0.530. The SMILES string of the molecule is CCOC(=O)C[C@H]1C[C@@H]2CC[C@H]1C2. The van der Waals surface area contributed by atoms with Crippen LogP contribution in [0.25, 0.3) is 0 Å². The Labute approximate surface area is 79.7 Å². The Balaban J connectivity index is 1.79. The van der Waals surface area contributed by atoms with E-state index < -0.39 is 0 Å². The molecule has 3 atom stereocenters. The van der Waals surface area contributed by atoms with Gasteiger partial charge in [0.25, 0.3) is 0 Å². The molecule has 0 saturated heterocycles. The highest BCUT2D eigenvalue weighted by molar-refractivity contribution is 5.69. The lowest BCUT2D eigenvalue weighted by Crippen LogP contribution is -2.16. The molecule has 2 bridgehead atoms. The van der Waals surface area contributed by atoms with Crippen LogP contribution in [0.15, 0.2) is 0 Å². The topological polar surface area (TPSA) is 26.3 Å². The van der Waals surface area contributed by atoms with Crippen molar-refractivity contribution in [3.05, 3.63) is 0 Å². The molecule has 2 heteroatoms. The van der Waals surface area contributed by atoms with Crippen LogP contribution < -0.4 is 0 Å². The van der Waals surface area contributed by atoms with E-state index in [0.29, 0.717) is 18.9 Å². The van der Waals surface area contributed by atoms with Gasteiger partial charge in [0.2, 0.25) is 0 Å². The number of esters is 1. The molecular weight excluding hydrogens is 164 g/mol. The van der Waals surface area contributed by atoms with Gasteiger partial charge in [-0.25, -0.2) is 0 Å². The minimum Gasteiger partial charge on any atom is -0.466 e. The van der Waals surface area contributed by atoms with E-state index in [1.54, 1.807) is 0 Å². The molecule has 74 valence electrons. The molecule has 0 heterocycles. The van der Waals surface area contributed by atoms with Gasteiger partial charge >= 0.3 is 5.97 Å². The first-order valence-corrected chi connectivity index (χ1v) is 5.45. The van der Waals surface area contributed by atoms with Crippen molar-refractivity contribution in [1.82, 2.24) is 0 Å². The Bertz CT molecular complexity index is 200. The second-order valence-corrected chi connectivity index (χ2v) is 4.44. The highest BCUT2D eigenvalue weighted by atomic mass is 16.5. The molecule has 0 aromatic carbocycles. The second kappa shape index (κ2) is 3.69. The van der Waals surface area contributed by atoms with Crippen LogP contribution in [-0.2, 0) is 9.53 Å². The highest BCUT2D eigenvalue weighted by Gasteiger charge is 2.40. The summed E-state index contributed by atoms with van der Waals surface area (Å²) >= 11 is 0. The molecule has 0 aromatic rings. The van der Waals surface area contributed by atoms with Crippen molar-refractivity contribution in [2.75, 3.05) is 6.61 Å². The predicted molar refractivity (Wildman–Crippen MR) is 50.2 cm³/mol. The van der Waals surface area contributed by atoms with Gasteiger partial charge < -0.3 is 4.74 Å². The number of hydrogen-bond acceptors (Lipinski definition) is 2. The molecule has 0 aliphatic heterocycles. The zero-order valence-corrected chi connectivity index (χ0v) is 8.29. The Kier molecular flexibility index (Phi) is 2.56. The fourth-order valence-electron chi connectivity index (χ4n) is 3.06. The third-order valence-electron chi connectivity index (χ3n) is 3.62. The van der Waals surface area contributed by atoms with Crippen LogP contribution in [0.5, 0.6) is 0 Å². The number of hydrogen-bond donors (Lipinski definition) is 0. The van der Waals surface area contributed by atoms with Crippen LogP contribution in [0.1, 0.15) is 39.0 Å². The van der Waals surface area contributed by atoms with Crippen LogP contribution in [0.4, 0.5) is 0 Å². The summed E-state index contributed by atoms with van der Waals surface area (Å²) in [5, 5.41) is 0. The van der Waals surface area contributed by atoms with Crippen molar-refractivity contribution >= 4 is 5.97 Å². The van der Waals surface area contributed by atoms with Gasteiger partial charge in [-0.2, -0.15) is 0 Å². The van der Waals surface area contributed by atoms with Crippen LogP contribution in [-0.4, -0.2) is 12.6 Å². The fourth-order valence-corrected chi connectivity index (χ4v) is 3.06. The van der Waals surface area contributed by atoms with E-state index in [2.05, 4.69) is 0 Å². The van der Waals surface area contributed by atoms with E-state index in [9.17, 15) is 4.79 Å². The molecule has 0 radical (unpaired) electrons. The van der Waals surface area contributed by atoms with Gasteiger partial charge in [-0.3, -0.25) is 4.79 Å². The first kappa shape index (κ1) is 9.04. The van der Waals surface area contributed by atoms with Crippen molar-refractivity contribution in [2.45, 2.75) is 39.0 Å². The van der Waals surface area contributed by atoms with Gasteiger partial charge in [0.15, 0.2) is 0 Å². The lowest BCUT2D eigenvalue weighted by molar-refractivity contribution is -0.144. The minimum atomic E-state index is 0.0139. The maximum absolute atomic E-state index is 11.3. The zero-order valence-electron chi connectivity index (χ0n) is 8.29. The smallest absolute Gasteiger partial charge is 0.306 e. The monoisotopic (exact) mass is 182 g/mol. The van der Waals surface area contributed by atoms with E-state index in [1.165, 1.54) is 25.7 Å². The predicted octanol–water partition coefficient (Wildman–Crippen LogP) is 2.38. The molecule has 0 spiro atoms. The van der Waals surface area contributed by atoms with Crippen LogP contribution >= 0.6 is 0 Å². The van der Waals surface area contributed by atoms with Crippen LogP contribution in [0.3, 0.4) is 0 Å². The van der Waals surface area contributed by atoms with E-state index in [4.69, 9.17) is 4.74 Å². The average molecular weight is 182 g/mol. The molecule has 0 aromatic heterocycles. The quantitative estimate of drug-likeness (QED) is 0.626. The minimum absolute atomic E-state index is 0.0139. The molecular formula is C11H18O2. The van der Waals surface area contributed by atoms with Crippen molar-refractivity contribution < 1.29 is 9.53 Å². The summed E-state index contributed by atoms with van der Waals surface area (Å²) in [5.41, 5.74) is 0. The fraction of sp³-hybridized carbons (Fsp3) is 0.909. The lowest BCUT2D eigenvalue weighted by Gasteiger charge is -2.20. The number of fused-ring (bicyclic) bond motifs is 2. The van der Waals surface area contributed by atoms with Gasteiger partial charge in [0, 0.05) is 6.42 Å². The first-order valence-electron chi connectivity index (χ1n) is 5.45. The largest absolute Gasteiger partial charge is 0.466 e. The second-order valence-electron chi connectivity index (χ2n) is 4.44. The standard InChI is InChI=1S/C11H18O2/c1-2-13-11(12)7-10-6-8-3-4-9(10)5-8/h8-10H,2-7H2,1H3/t8-,9+,10-/m1/s1. The van der Waals surface area contributed by atoms with E-state index in [1.807, 2.05) is 6.92 Å². The van der Waals surface area contributed by atoms with Gasteiger partial charge in [0.1, 0.15) is 0 Å². The molecule has 0 N–H and O–H groups in total. The first-order chi connectivity index (χ1) is 6.29. The number of carbonyl (C=O) groups is 1. The molecule has 2 aliphatic carbocycles. The number of rotatable bonds is 3. The summed E-state index contributed by atoms with van der Waals surface area (Å²) in [6.07, 6.45) is 6.10. The summed E-state index contributed by atoms with van der Waals surface area (Å²) < 4.78 is 4.97. The third-order valence-corrected chi connectivity index (χ3v) is 3.62. The highest BCUT2D eigenvalue weighted by Crippen LogP contribution is 2.49. The summed E-state index contributed by atoms with van der Waals surface area (Å²) in [5.74, 6) is 2.44. The van der Waals surface area contributed by atoms with Gasteiger partial charge in [0.05, 0.1) is 6.61 Å². The Morgan fingerprint density at radius 2 is 2.23 bits per heavy atom. The molecule has 0 amide bonds. The third kappa shape index (κ3) is 1.87. The van der Waals surface area contributed by atoms with Gasteiger partial charge in [-0.05, 0) is 43.9 Å². The molecule has 0 unspecified atom stereocenters. The summed E-state index contributed by atoms with van der Waals surface area (Å²) in [6, 6.07) is 0. The van der Waals surface area contributed by atoms with E-state index in [-0.39, 0.29) is 5.97 Å². The maximum atomic E-state index is 11.3. The van der Waals surface area contributed by atoms with E-state index >= 15 is 0 Å². The number of carbonyl (C=O) groups excluding carboxylic acids is 1. The maximum Gasteiger partial charge on any atom is 0.306 e. The van der Waals surface area contributed by atoms with Crippen LogP contribution in [0.2, 0.25) is 0 Å². The molecule has 2 aliphatic rings. The molecule has 2 saturated carbocycles. The van der Waals surface area contributed by atoms with Crippen molar-refractivity contribution in [3.63, 3.8) is 0 Å². The summed E-state index contributed by atoms with van der Waals surface area (Å²) in [7, 11) is 0. The summed E-state index contributed by atoms with van der Waals surface area (Å²) in [6.45, 7) is 2.40. The molecule has 2 rings (SSSR count). The summed E-state index contributed by atoms with van der Waals surface area (Å²) in [4.78, 5) is 11.3. The Morgan fingerprint density at radius 1 is 1.38 bits per heavy atom. The number of ether oxygens (including phenoxy) is 1. The Morgan fingerprint density at radius 3 is 2.77 bits per heavy atom. The van der Waals surface area contributed by atoms with Crippen LogP contribution in [0, 0.1) is 17.8 Å². The van der Waals surface area contributed by atoms with Crippen molar-refractivity contribution in [1.29, 1.82) is 0 Å². The van der Waals surface area contributed by atoms with Gasteiger partial charge in [-0.1, -0.05) is 6.42 Å². The molecule has 2 fully saturated rings. The van der Waals surface area contributed by atoms with Crippen molar-refractivity contribution in [2.24, 2.45) is 17.8 Å².